The lowest BCUT2D eigenvalue weighted by Crippen LogP contribution is -2.26. The maximum absolute atomic E-state index is 11.8. The molecule has 2 rings (SSSR count). The highest BCUT2D eigenvalue weighted by Crippen LogP contribution is 2.24. The first-order valence-corrected chi connectivity index (χ1v) is 8.63. The summed E-state index contributed by atoms with van der Waals surface area (Å²) < 4.78 is 0. The van der Waals surface area contributed by atoms with Gasteiger partial charge in [0, 0.05) is 18.5 Å². The smallest absolute Gasteiger partial charge is 0.230 e. The standard InChI is InChI=1S/C16H22N4OS/c1-3-5-10-18-14(21)11-22-16-19-13-9-7-6-8-12(13)15(20-16)17-4-2/h6-9H,3-5,10-11H2,1-2H3,(H,18,21)(H,17,19,20). The van der Waals surface area contributed by atoms with E-state index in [1.807, 2.05) is 31.2 Å². The zero-order chi connectivity index (χ0) is 15.8. The molecule has 0 saturated carbocycles. The molecule has 0 fully saturated rings. The van der Waals surface area contributed by atoms with E-state index >= 15 is 0 Å². The van der Waals surface area contributed by atoms with Crippen LogP contribution in [-0.2, 0) is 4.79 Å². The van der Waals surface area contributed by atoms with Crippen molar-refractivity contribution in [1.82, 2.24) is 15.3 Å². The first-order chi connectivity index (χ1) is 10.7. The summed E-state index contributed by atoms with van der Waals surface area (Å²) in [7, 11) is 0. The van der Waals surface area contributed by atoms with Crippen LogP contribution in [0.2, 0.25) is 0 Å². The normalized spacial score (nSPS) is 10.6. The van der Waals surface area contributed by atoms with Crippen LogP contribution in [0.4, 0.5) is 5.82 Å². The number of nitrogens with zero attached hydrogens (tertiary/aromatic N) is 2. The molecule has 0 spiro atoms. The van der Waals surface area contributed by atoms with E-state index in [-0.39, 0.29) is 5.91 Å². The van der Waals surface area contributed by atoms with Gasteiger partial charge in [-0.2, -0.15) is 0 Å². The van der Waals surface area contributed by atoms with Crippen molar-refractivity contribution >= 4 is 34.4 Å². The topological polar surface area (TPSA) is 66.9 Å². The second-order valence-electron chi connectivity index (χ2n) is 4.89. The van der Waals surface area contributed by atoms with Crippen LogP contribution in [-0.4, -0.2) is 34.7 Å². The summed E-state index contributed by atoms with van der Waals surface area (Å²) in [6.07, 6.45) is 2.08. The van der Waals surface area contributed by atoms with Crippen LogP contribution in [0.3, 0.4) is 0 Å². The summed E-state index contributed by atoms with van der Waals surface area (Å²) in [5.74, 6) is 1.19. The average Bonchev–Trinajstić information content (AvgIpc) is 2.53. The molecule has 0 bridgehead atoms. The SMILES string of the molecule is CCCCNC(=O)CSc1nc(NCC)c2ccccc2n1. The molecule has 1 aromatic heterocycles. The van der Waals surface area contributed by atoms with E-state index in [0.717, 1.165) is 42.7 Å². The second-order valence-corrected chi connectivity index (χ2v) is 5.84. The summed E-state index contributed by atoms with van der Waals surface area (Å²) >= 11 is 1.37. The molecular weight excluding hydrogens is 296 g/mol. The Bertz CT molecular complexity index is 633. The zero-order valence-electron chi connectivity index (χ0n) is 13.1. The molecular formula is C16H22N4OS. The third-order valence-electron chi connectivity index (χ3n) is 3.11. The van der Waals surface area contributed by atoms with Crippen LogP contribution in [0, 0.1) is 0 Å². The molecule has 0 saturated heterocycles. The summed E-state index contributed by atoms with van der Waals surface area (Å²) in [6.45, 7) is 5.66. The minimum atomic E-state index is 0.0280. The van der Waals surface area contributed by atoms with Crippen LogP contribution >= 0.6 is 11.8 Å². The predicted molar refractivity (Wildman–Crippen MR) is 92.3 cm³/mol. The fourth-order valence-electron chi connectivity index (χ4n) is 2.01. The van der Waals surface area contributed by atoms with Crippen LogP contribution in [0.5, 0.6) is 0 Å². The number of anilines is 1. The number of aromatic nitrogens is 2. The Morgan fingerprint density at radius 3 is 2.82 bits per heavy atom. The minimum Gasteiger partial charge on any atom is -0.370 e. The molecule has 118 valence electrons. The number of unbranched alkanes of at least 4 members (excludes halogenated alkanes) is 1. The number of rotatable bonds is 8. The van der Waals surface area contributed by atoms with Crippen molar-refractivity contribution < 1.29 is 4.79 Å². The van der Waals surface area contributed by atoms with Gasteiger partial charge in [-0.25, -0.2) is 9.97 Å². The van der Waals surface area contributed by atoms with Crippen molar-refractivity contribution in [2.45, 2.75) is 31.8 Å². The molecule has 1 heterocycles. The van der Waals surface area contributed by atoms with E-state index in [0.29, 0.717) is 10.9 Å². The van der Waals surface area contributed by atoms with Gasteiger partial charge in [-0.3, -0.25) is 4.79 Å². The lowest BCUT2D eigenvalue weighted by Gasteiger charge is -2.09. The largest absolute Gasteiger partial charge is 0.370 e. The van der Waals surface area contributed by atoms with Gasteiger partial charge in [0.25, 0.3) is 0 Å². The van der Waals surface area contributed by atoms with Crippen molar-refractivity contribution in [1.29, 1.82) is 0 Å². The Kier molecular flexibility index (Phi) is 6.45. The molecule has 0 aliphatic heterocycles. The predicted octanol–water partition coefficient (Wildman–Crippen LogP) is 3.07. The molecule has 1 amide bonds. The summed E-state index contributed by atoms with van der Waals surface area (Å²) in [5.41, 5.74) is 0.891. The molecule has 1 aromatic carbocycles. The van der Waals surface area contributed by atoms with Gasteiger partial charge in [0.2, 0.25) is 5.91 Å². The third-order valence-corrected chi connectivity index (χ3v) is 3.96. The van der Waals surface area contributed by atoms with Crippen molar-refractivity contribution in [3.8, 4) is 0 Å². The number of nitrogens with one attached hydrogen (secondary N) is 2. The van der Waals surface area contributed by atoms with Crippen molar-refractivity contribution in [3.63, 3.8) is 0 Å². The van der Waals surface area contributed by atoms with Gasteiger partial charge in [-0.15, -0.1) is 0 Å². The monoisotopic (exact) mass is 318 g/mol. The quantitative estimate of drug-likeness (QED) is 0.445. The van der Waals surface area contributed by atoms with Gasteiger partial charge >= 0.3 is 0 Å². The molecule has 0 unspecified atom stereocenters. The fraction of sp³-hybridized carbons (Fsp3) is 0.438. The maximum Gasteiger partial charge on any atom is 0.230 e. The molecule has 6 heteroatoms. The Balaban J connectivity index is 2.06. The molecule has 22 heavy (non-hydrogen) atoms. The molecule has 0 aliphatic rings. The molecule has 0 atom stereocenters. The highest BCUT2D eigenvalue weighted by atomic mass is 32.2. The summed E-state index contributed by atoms with van der Waals surface area (Å²) in [6, 6.07) is 7.89. The van der Waals surface area contributed by atoms with Crippen LogP contribution in [0.25, 0.3) is 10.9 Å². The maximum atomic E-state index is 11.8. The number of hydrogen-bond acceptors (Lipinski definition) is 5. The van der Waals surface area contributed by atoms with Crippen LogP contribution < -0.4 is 10.6 Å². The van der Waals surface area contributed by atoms with Gasteiger partial charge in [0.05, 0.1) is 11.3 Å². The second kappa shape index (κ2) is 8.58. The Labute approximate surface area is 135 Å². The molecule has 5 nitrogen and oxygen atoms in total. The third kappa shape index (κ3) is 4.59. The van der Waals surface area contributed by atoms with Gasteiger partial charge < -0.3 is 10.6 Å². The molecule has 0 aliphatic carbocycles. The number of thioether (sulfide) groups is 1. The first kappa shape index (κ1) is 16.5. The van der Waals surface area contributed by atoms with E-state index in [2.05, 4.69) is 27.5 Å². The van der Waals surface area contributed by atoms with Gasteiger partial charge in [0.15, 0.2) is 5.16 Å². The van der Waals surface area contributed by atoms with Crippen LogP contribution in [0.15, 0.2) is 29.4 Å². The number of benzene rings is 1. The number of carbonyl (C=O) groups is 1. The molecule has 2 N–H and O–H groups in total. The van der Waals surface area contributed by atoms with Gasteiger partial charge in [-0.05, 0) is 25.5 Å². The van der Waals surface area contributed by atoms with Crippen molar-refractivity contribution in [3.05, 3.63) is 24.3 Å². The van der Waals surface area contributed by atoms with E-state index < -0.39 is 0 Å². The Morgan fingerprint density at radius 1 is 1.23 bits per heavy atom. The fourth-order valence-corrected chi connectivity index (χ4v) is 2.69. The van der Waals surface area contributed by atoms with Crippen molar-refractivity contribution in [2.24, 2.45) is 0 Å². The lowest BCUT2D eigenvalue weighted by molar-refractivity contribution is -0.118. The lowest BCUT2D eigenvalue weighted by atomic mass is 10.2. The van der Waals surface area contributed by atoms with Gasteiger partial charge in [0.1, 0.15) is 5.82 Å². The Morgan fingerprint density at radius 2 is 2.05 bits per heavy atom. The highest BCUT2D eigenvalue weighted by Gasteiger charge is 2.09. The average molecular weight is 318 g/mol. The summed E-state index contributed by atoms with van der Waals surface area (Å²) in [4.78, 5) is 20.8. The van der Waals surface area contributed by atoms with E-state index in [9.17, 15) is 4.79 Å². The number of fused-ring (bicyclic) bond motifs is 1. The van der Waals surface area contributed by atoms with E-state index in [1.54, 1.807) is 0 Å². The zero-order valence-corrected chi connectivity index (χ0v) is 13.9. The Hall–Kier alpha value is -1.82. The molecule has 0 radical (unpaired) electrons. The number of amides is 1. The number of hydrogen-bond donors (Lipinski definition) is 2. The number of para-hydroxylation sites is 1. The van der Waals surface area contributed by atoms with E-state index in [4.69, 9.17) is 0 Å². The minimum absolute atomic E-state index is 0.0280. The highest BCUT2D eigenvalue weighted by molar-refractivity contribution is 7.99. The number of carbonyl (C=O) groups excluding carboxylic acids is 1. The summed E-state index contributed by atoms with van der Waals surface area (Å²) in [5, 5.41) is 7.78. The van der Waals surface area contributed by atoms with Crippen molar-refractivity contribution in [2.75, 3.05) is 24.2 Å². The van der Waals surface area contributed by atoms with Gasteiger partial charge in [-0.1, -0.05) is 37.2 Å². The molecule has 2 aromatic rings. The van der Waals surface area contributed by atoms with Crippen LogP contribution in [0.1, 0.15) is 26.7 Å². The van der Waals surface area contributed by atoms with E-state index in [1.165, 1.54) is 11.8 Å². The first-order valence-electron chi connectivity index (χ1n) is 7.64.